The van der Waals surface area contributed by atoms with Gasteiger partial charge in [-0.25, -0.2) is 4.98 Å². The van der Waals surface area contributed by atoms with Crippen LogP contribution in [-0.2, 0) is 6.54 Å². The lowest BCUT2D eigenvalue weighted by atomic mass is 10.0. The van der Waals surface area contributed by atoms with Gasteiger partial charge in [0.05, 0.1) is 12.2 Å². The summed E-state index contributed by atoms with van der Waals surface area (Å²) in [7, 11) is 1.83. The molecular weight excluding hydrogens is 499 g/mol. The van der Waals surface area contributed by atoms with Gasteiger partial charge in [0, 0.05) is 44.1 Å². The summed E-state index contributed by atoms with van der Waals surface area (Å²) in [6, 6.07) is 17.9. The molecule has 0 saturated carbocycles. The predicted octanol–water partition coefficient (Wildman–Crippen LogP) is 4.15. The lowest BCUT2D eigenvalue weighted by Crippen LogP contribution is -2.48. The van der Waals surface area contributed by atoms with E-state index >= 15 is 0 Å². The molecule has 1 aliphatic rings. The predicted molar refractivity (Wildman–Crippen MR) is 138 cm³/mol. The molecule has 0 radical (unpaired) electrons. The molecule has 1 unspecified atom stereocenters. The normalized spacial score (nSPS) is 16.7. The summed E-state index contributed by atoms with van der Waals surface area (Å²) in [4.78, 5) is 11.7. The molecule has 0 aliphatic carbocycles. The molecule has 3 aromatic rings. The number of halogens is 1. The number of nitrogens with one attached hydrogen (secondary N) is 2. The number of aromatic nitrogens is 2. The Morgan fingerprint density at radius 2 is 1.87 bits per heavy atom. The average molecular weight is 532 g/mol. The highest BCUT2D eigenvalue weighted by atomic mass is 127. The average Bonchev–Trinajstić information content (AvgIpc) is 3.22. The van der Waals surface area contributed by atoms with Crippen molar-refractivity contribution in [3.8, 4) is 0 Å². The van der Waals surface area contributed by atoms with Crippen molar-refractivity contribution in [3.63, 3.8) is 0 Å². The number of nitrogens with zero attached hydrogens (tertiary/aromatic N) is 4. The van der Waals surface area contributed by atoms with Crippen LogP contribution in [0.4, 0.5) is 0 Å². The molecule has 3 heterocycles. The van der Waals surface area contributed by atoms with Crippen molar-refractivity contribution in [2.75, 3.05) is 20.1 Å². The molecule has 4 rings (SSSR count). The zero-order chi connectivity index (χ0) is 20.9. The van der Waals surface area contributed by atoms with Gasteiger partial charge in [-0.15, -0.1) is 24.0 Å². The third kappa shape index (κ3) is 5.77. The van der Waals surface area contributed by atoms with Crippen molar-refractivity contribution in [3.05, 3.63) is 71.7 Å². The third-order valence-electron chi connectivity index (χ3n) is 6.11. The molecule has 6 nitrogen and oxygen atoms in total. The van der Waals surface area contributed by atoms with Crippen LogP contribution >= 0.6 is 24.0 Å². The van der Waals surface area contributed by atoms with Crippen molar-refractivity contribution >= 4 is 35.6 Å². The summed E-state index contributed by atoms with van der Waals surface area (Å²) < 4.78 is 2.12. The van der Waals surface area contributed by atoms with Gasteiger partial charge in [0.25, 0.3) is 0 Å². The molecule has 1 atom stereocenters. The van der Waals surface area contributed by atoms with E-state index in [2.05, 4.69) is 81.4 Å². The van der Waals surface area contributed by atoms with Crippen molar-refractivity contribution in [1.82, 2.24) is 24.9 Å². The van der Waals surface area contributed by atoms with Gasteiger partial charge in [0.2, 0.25) is 0 Å². The van der Waals surface area contributed by atoms with Crippen molar-refractivity contribution in [2.24, 2.45) is 4.99 Å². The summed E-state index contributed by atoms with van der Waals surface area (Å²) in [5.41, 5.74) is 4.57. The summed E-state index contributed by atoms with van der Waals surface area (Å²) in [5, 5.41) is 7.02. The molecule has 7 heteroatoms. The second-order valence-corrected chi connectivity index (χ2v) is 8.09. The molecule has 0 bridgehead atoms. The Labute approximate surface area is 202 Å². The fourth-order valence-electron chi connectivity index (χ4n) is 4.22. The van der Waals surface area contributed by atoms with Gasteiger partial charge in [0.15, 0.2) is 5.96 Å². The molecule has 2 aromatic heterocycles. The number of benzene rings is 1. The van der Waals surface area contributed by atoms with Crippen LogP contribution in [-0.4, -0.2) is 46.4 Å². The lowest BCUT2D eigenvalue weighted by Gasteiger charge is -2.37. The Hall–Kier alpha value is -2.13. The Morgan fingerprint density at radius 1 is 1.13 bits per heavy atom. The number of hydrogen-bond acceptors (Lipinski definition) is 3. The van der Waals surface area contributed by atoms with E-state index in [1.54, 1.807) is 0 Å². The number of aliphatic imine (C=N–C) groups is 1. The Balaban J connectivity index is 0.00000272. The van der Waals surface area contributed by atoms with Gasteiger partial charge in [-0.2, -0.15) is 0 Å². The van der Waals surface area contributed by atoms with Crippen LogP contribution in [0.25, 0.3) is 5.65 Å². The fraction of sp³-hybridized carbons (Fsp3) is 0.417. The van der Waals surface area contributed by atoms with Crippen LogP contribution in [0, 0.1) is 6.92 Å². The van der Waals surface area contributed by atoms with Gasteiger partial charge in [-0.3, -0.25) is 9.89 Å². The fourth-order valence-corrected chi connectivity index (χ4v) is 4.22. The molecule has 0 amide bonds. The molecule has 166 valence electrons. The first kappa shape index (κ1) is 23.5. The quantitative estimate of drug-likeness (QED) is 0.295. The van der Waals surface area contributed by atoms with Crippen LogP contribution in [0.3, 0.4) is 0 Å². The molecule has 1 aliphatic heterocycles. The van der Waals surface area contributed by atoms with Crippen LogP contribution < -0.4 is 10.6 Å². The molecule has 1 saturated heterocycles. The Kier molecular flexibility index (Phi) is 8.31. The monoisotopic (exact) mass is 532 g/mol. The van der Waals surface area contributed by atoms with Crippen LogP contribution in [0.2, 0.25) is 0 Å². The zero-order valence-electron chi connectivity index (χ0n) is 18.6. The largest absolute Gasteiger partial charge is 0.354 e. The minimum Gasteiger partial charge on any atom is -0.354 e. The first-order chi connectivity index (χ1) is 14.6. The molecule has 2 N–H and O–H groups in total. The summed E-state index contributed by atoms with van der Waals surface area (Å²) in [6.45, 7) is 7.25. The van der Waals surface area contributed by atoms with E-state index in [0.29, 0.717) is 18.6 Å². The van der Waals surface area contributed by atoms with Gasteiger partial charge < -0.3 is 15.0 Å². The van der Waals surface area contributed by atoms with E-state index in [1.165, 1.54) is 11.3 Å². The van der Waals surface area contributed by atoms with Crippen molar-refractivity contribution in [2.45, 2.75) is 45.3 Å². The summed E-state index contributed by atoms with van der Waals surface area (Å²) in [5.74, 6) is 0.846. The topological polar surface area (TPSA) is 57.0 Å². The maximum absolute atomic E-state index is 4.70. The van der Waals surface area contributed by atoms with Crippen molar-refractivity contribution in [1.29, 1.82) is 0 Å². The molecule has 31 heavy (non-hydrogen) atoms. The number of fused-ring (bicyclic) bond motifs is 1. The lowest BCUT2D eigenvalue weighted by molar-refractivity contribution is 0.158. The first-order valence-corrected chi connectivity index (χ1v) is 10.8. The summed E-state index contributed by atoms with van der Waals surface area (Å²) >= 11 is 0. The summed E-state index contributed by atoms with van der Waals surface area (Å²) in [6.07, 6.45) is 4.32. The molecule has 1 aromatic carbocycles. The maximum atomic E-state index is 4.70. The number of imidazole rings is 1. The smallest absolute Gasteiger partial charge is 0.191 e. The molecule has 0 spiro atoms. The number of piperidine rings is 1. The minimum atomic E-state index is 0. The van der Waals surface area contributed by atoms with E-state index < -0.39 is 0 Å². The second-order valence-electron chi connectivity index (χ2n) is 8.09. The highest BCUT2D eigenvalue weighted by Gasteiger charge is 2.24. The third-order valence-corrected chi connectivity index (χ3v) is 6.11. The van der Waals surface area contributed by atoms with Gasteiger partial charge in [0.1, 0.15) is 5.65 Å². The van der Waals surface area contributed by atoms with Gasteiger partial charge in [-0.1, -0.05) is 36.4 Å². The first-order valence-electron chi connectivity index (χ1n) is 10.8. The van der Waals surface area contributed by atoms with E-state index in [9.17, 15) is 0 Å². The van der Waals surface area contributed by atoms with Gasteiger partial charge in [-0.05, 0) is 44.4 Å². The van der Waals surface area contributed by atoms with Crippen LogP contribution in [0.5, 0.6) is 0 Å². The molecule has 1 fully saturated rings. The number of likely N-dealkylation sites (tertiary alicyclic amines) is 1. The highest BCUT2D eigenvalue weighted by molar-refractivity contribution is 14.0. The van der Waals surface area contributed by atoms with E-state index in [0.717, 1.165) is 43.2 Å². The van der Waals surface area contributed by atoms with Crippen molar-refractivity contribution < 1.29 is 0 Å². The SMILES string of the molecule is CN=C(NCc1cn2c(C)cccc2n1)NC1CCN(C(C)c2ccccc2)CC1.I. The number of hydrogen-bond donors (Lipinski definition) is 2. The number of rotatable bonds is 5. The number of aryl methyl sites for hydroxylation is 1. The van der Waals surface area contributed by atoms with Crippen LogP contribution in [0.15, 0.2) is 59.7 Å². The number of guanidine groups is 1. The van der Waals surface area contributed by atoms with E-state index in [-0.39, 0.29) is 24.0 Å². The van der Waals surface area contributed by atoms with Gasteiger partial charge >= 0.3 is 0 Å². The Morgan fingerprint density at radius 3 is 2.55 bits per heavy atom. The van der Waals surface area contributed by atoms with E-state index in [1.807, 2.05) is 19.2 Å². The maximum Gasteiger partial charge on any atom is 0.191 e. The molecular formula is C24H33IN6. The highest BCUT2D eigenvalue weighted by Crippen LogP contribution is 2.24. The Bertz CT molecular complexity index is 992. The second kappa shape index (κ2) is 10.9. The zero-order valence-corrected chi connectivity index (χ0v) is 20.9. The standard InChI is InChI=1S/C24H32N6.HI/c1-18-8-7-11-23-27-22(17-30(18)23)16-26-24(25-3)28-21-12-14-29(15-13-21)19(2)20-9-5-4-6-10-20;/h4-11,17,19,21H,12-16H2,1-3H3,(H2,25,26,28);1H. The number of pyridine rings is 1. The van der Waals surface area contributed by atoms with E-state index in [4.69, 9.17) is 4.98 Å². The van der Waals surface area contributed by atoms with Crippen LogP contribution in [0.1, 0.15) is 42.8 Å². The minimum absolute atomic E-state index is 0.